The smallest absolute Gasteiger partial charge is 0.243 e. The number of benzene rings is 1. The van der Waals surface area contributed by atoms with Crippen LogP contribution >= 0.6 is 0 Å². The second-order valence-corrected chi connectivity index (χ2v) is 8.71. The van der Waals surface area contributed by atoms with Crippen molar-refractivity contribution < 1.29 is 13.2 Å². The van der Waals surface area contributed by atoms with Gasteiger partial charge in [-0.3, -0.25) is 4.79 Å². The summed E-state index contributed by atoms with van der Waals surface area (Å²) in [5, 5.41) is 0. The summed E-state index contributed by atoms with van der Waals surface area (Å²) >= 11 is 0. The van der Waals surface area contributed by atoms with Crippen LogP contribution in [0.25, 0.3) is 0 Å². The first kappa shape index (κ1) is 16.7. The third-order valence-electron chi connectivity index (χ3n) is 5.17. The van der Waals surface area contributed by atoms with Crippen LogP contribution in [0, 0.1) is 12.8 Å². The van der Waals surface area contributed by atoms with E-state index in [0.717, 1.165) is 37.7 Å². The van der Waals surface area contributed by atoms with Crippen LogP contribution < -0.4 is 0 Å². The lowest BCUT2D eigenvalue weighted by atomic mass is 9.83. The van der Waals surface area contributed by atoms with Gasteiger partial charge in [0, 0.05) is 12.5 Å². The number of carbonyl (C=O) groups is 1. The number of rotatable bonds is 4. The van der Waals surface area contributed by atoms with Gasteiger partial charge in [-0.2, -0.15) is 4.31 Å². The van der Waals surface area contributed by atoms with Gasteiger partial charge in [0.15, 0.2) is 5.78 Å². The Labute approximate surface area is 138 Å². The molecule has 0 unspecified atom stereocenters. The van der Waals surface area contributed by atoms with Gasteiger partial charge in [-0.1, -0.05) is 37.0 Å². The van der Waals surface area contributed by atoms with Gasteiger partial charge in [0.25, 0.3) is 0 Å². The molecule has 4 nitrogen and oxygen atoms in total. The first-order valence-corrected chi connectivity index (χ1v) is 10.1. The summed E-state index contributed by atoms with van der Waals surface area (Å²) < 4.78 is 27.3. The second-order valence-electron chi connectivity index (χ2n) is 6.82. The van der Waals surface area contributed by atoms with Crippen molar-refractivity contribution in [1.82, 2.24) is 4.31 Å². The molecule has 0 aromatic heterocycles. The molecule has 2 aliphatic rings. The molecule has 0 bridgehead atoms. The lowest BCUT2D eigenvalue weighted by Crippen LogP contribution is -2.43. The summed E-state index contributed by atoms with van der Waals surface area (Å²) in [4.78, 5) is 13.1. The highest BCUT2D eigenvalue weighted by atomic mass is 32.2. The molecular weight excluding hydrogens is 310 g/mol. The molecule has 1 aliphatic heterocycles. The Hall–Kier alpha value is -1.20. The molecule has 2 fully saturated rings. The van der Waals surface area contributed by atoms with Crippen molar-refractivity contribution in [3.63, 3.8) is 0 Å². The van der Waals surface area contributed by atoms with Crippen LogP contribution in [0.1, 0.15) is 50.5 Å². The zero-order valence-electron chi connectivity index (χ0n) is 13.7. The quantitative estimate of drug-likeness (QED) is 0.848. The Morgan fingerprint density at radius 3 is 2.30 bits per heavy atom. The van der Waals surface area contributed by atoms with Gasteiger partial charge >= 0.3 is 0 Å². The minimum Gasteiger partial charge on any atom is -0.298 e. The molecule has 5 heteroatoms. The van der Waals surface area contributed by atoms with E-state index in [0.29, 0.717) is 17.9 Å². The summed E-state index contributed by atoms with van der Waals surface area (Å²) in [6.07, 6.45) is 6.66. The summed E-state index contributed by atoms with van der Waals surface area (Å²) in [7, 11) is -3.58. The molecule has 0 N–H and O–H groups in total. The van der Waals surface area contributed by atoms with Crippen LogP contribution in [0.2, 0.25) is 0 Å². The molecule has 1 aromatic rings. The number of nitrogens with zero attached hydrogens (tertiary/aromatic N) is 1. The largest absolute Gasteiger partial charge is 0.298 e. The fourth-order valence-electron chi connectivity index (χ4n) is 3.82. The van der Waals surface area contributed by atoms with E-state index in [1.165, 1.54) is 10.7 Å². The third-order valence-corrected chi connectivity index (χ3v) is 7.09. The maximum Gasteiger partial charge on any atom is 0.243 e. The fourth-order valence-corrected chi connectivity index (χ4v) is 5.48. The summed E-state index contributed by atoms with van der Waals surface area (Å²) in [5.74, 6) is 0.209. The van der Waals surface area contributed by atoms with Gasteiger partial charge in [0.05, 0.1) is 10.9 Å². The summed E-state index contributed by atoms with van der Waals surface area (Å²) in [6.45, 7) is 2.39. The van der Waals surface area contributed by atoms with Crippen LogP contribution in [-0.4, -0.2) is 31.1 Å². The maximum absolute atomic E-state index is 12.9. The standard InChI is InChI=1S/C18H25NO3S/c1-14-9-11-16(12-10-14)23(21,22)19-13-5-8-17(19)18(20)15-6-3-2-4-7-15/h9-12,15,17H,2-8,13H2,1H3/t17-/m0/s1. The normalized spacial score (nSPS) is 24.0. The Morgan fingerprint density at radius 2 is 1.65 bits per heavy atom. The number of carbonyl (C=O) groups excluding carboxylic acids is 1. The molecule has 1 saturated heterocycles. The molecule has 1 saturated carbocycles. The molecule has 1 atom stereocenters. The SMILES string of the molecule is Cc1ccc(S(=O)(=O)N2CCC[C@H]2C(=O)C2CCCCC2)cc1. The Bertz CT molecular complexity index is 660. The summed E-state index contributed by atoms with van der Waals surface area (Å²) in [6, 6.07) is 6.45. The van der Waals surface area contributed by atoms with E-state index in [2.05, 4.69) is 0 Å². The molecule has 1 heterocycles. The van der Waals surface area contributed by atoms with Gasteiger partial charge in [0.2, 0.25) is 10.0 Å². The van der Waals surface area contributed by atoms with E-state index in [1.807, 2.05) is 6.92 Å². The van der Waals surface area contributed by atoms with Crippen molar-refractivity contribution in [2.24, 2.45) is 5.92 Å². The van der Waals surface area contributed by atoms with E-state index in [-0.39, 0.29) is 11.7 Å². The average molecular weight is 335 g/mol. The van der Waals surface area contributed by atoms with Crippen molar-refractivity contribution in [2.75, 3.05) is 6.54 Å². The predicted molar refractivity (Wildman–Crippen MR) is 89.7 cm³/mol. The van der Waals surface area contributed by atoms with Gasteiger partial charge in [-0.15, -0.1) is 0 Å². The molecule has 0 radical (unpaired) electrons. The van der Waals surface area contributed by atoms with E-state index in [9.17, 15) is 13.2 Å². The number of Topliss-reactive ketones (excluding diaryl/α,β-unsaturated/α-hetero) is 1. The number of ketones is 1. The number of sulfonamides is 1. The molecule has 0 amide bonds. The lowest BCUT2D eigenvalue weighted by Gasteiger charge is -2.28. The third kappa shape index (κ3) is 3.36. The van der Waals surface area contributed by atoms with Crippen molar-refractivity contribution in [1.29, 1.82) is 0 Å². The van der Waals surface area contributed by atoms with E-state index >= 15 is 0 Å². The zero-order chi connectivity index (χ0) is 16.4. The zero-order valence-corrected chi connectivity index (χ0v) is 14.5. The molecule has 3 rings (SSSR count). The molecule has 23 heavy (non-hydrogen) atoms. The molecule has 1 aliphatic carbocycles. The highest BCUT2D eigenvalue weighted by Gasteiger charge is 2.41. The minimum absolute atomic E-state index is 0.0579. The molecule has 0 spiro atoms. The minimum atomic E-state index is -3.58. The van der Waals surface area contributed by atoms with Gasteiger partial charge in [-0.05, 0) is 44.7 Å². The predicted octanol–water partition coefficient (Wildman–Crippen LogP) is 3.30. The van der Waals surface area contributed by atoms with Crippen LogP contribution in [-0.2, 0) is 14.8 Å². The average Bonchev–Trinajstić information content (AvgIpc) is 3.06. The second kappa shape index (κ2) is 6.73. The highest BCUT2D eigenvalue weighted by molar-refractivity contribution is 7.89. The van der Waals surface area contributed by atoms with Crippen LogP contribution in [0.5, 0.6) is 0 Å². The number of aryl methyl sites for hydroxylation is 1. The van der Waals surface area contributed by atoms with Crippen LogP contribution in [0.3, 0.4) is 0 Å². The van der Waals surface area contributed by atoms with Crippen molar-refractivity contribution >= 4 is 15.8 Å². The number of hydrogen-bond acceptors (Lipinski definition) is 3. The Kier molecular flexibility index (Phi) is 4.87. The first-order valence-electron chi connectivity index (χ1n) is 8.62. The Balaban J connectivity index is 1.82. The topological polar surface area (TPSA) is 54.5 Å². The maximum atomic E-state index is 12.9. The molecule has 1 aromatic carbocycles. The molecule has 126 valence electrons. The highest BCUT2D eigenvalue weighted by Crippen LogP contribution is 2.32. The van der Waals surface area contributed by atoms with E-state index < -0.39 is 16.1 Å². The van der Waals surface area contributed by atoms with E-state index in [1.54, 1.807) is 24.3 Å². The Morgan fingerprint density at radius 1 is 1.00 bits per heavy atom. The van der Waals surface area contributed by atoms with Gasteiger partial charge < -0.3 is 0 Å². The first-order chi connectivity index (χ1) is 11.0. The van der Waals surface area contributed by atoms with Crippen LogP contribution in [0.15, 0.2) is 29.2 Å². The van der Waals surface area contributed by atoms with E-state index in [4.69, 9.17) is 0 Å². The fraction of sp³-hybridized carbons (Fsp3) is 0.611. The summed E-state index contributed by atoms with van der Waals surface area (Å²) in [5.41, 5.74) is 1.03. The van der Waals surface area contributed by atoms with Crippen LogP contribution in [0.4, 0.5) is 0 Å². The monoisotopic (exact) mass is 335 g/mol. The molecular formula is C18H25NO3S. The number of hydrogen-bond donors (Lipinski definition) is 0. The van der Waals surface area contributed by atoms with Crippen molar-refractivity contribution in [3.8, 4) is 0 Å². The van der Waals surface area contributed by atoms with Crippen molar-refractivity contribution in [3.05, 3.63) is 29.8 Å². The van der Waals surface area contributed by atoms with Gasteiger partial charge in [0.1, 0.15) is 0 Å². The lowest BCUT2D eigenvalue weighted by molar-refractivity contribution is -0.126. The van der Waals surface area contributed by atoms with Crippen molar-refractivity contribution in [2.45, 2.75) is 62.8 Å². The van der Waals surface area contributed by atoms with Gasteiger partial charge in [-0.25, -0.2) is 8.42 Å².